The van der Waals surface area contributed by atoms with E-state index in [1.54, 1.807) is 11.0 Å². The summed E-state index contributed by atoms with van der Waals surface area (Å²) in [4.78, 5) is 40.5. The number of carbonyl (C=O) groups excluding carboxylic acids is 3. The largest absolute Gasteiger partial charge is 0.493 e. The average Bonchev–Trinajstić information content (AvgIpc) is 3.40. The molecule has 3 amide bonds. The summed E-state index contributed by atoms with van der Waals surface area (Å²) < 4.78 is 6.05. The van der Waals surface area contributed by atoms with Gasteiger partial charge in [0, 0.05) is 24.1 Å². The molecule has 0 spiro atoms. The van der Waals surface area contributed by atoms with Gasteiger partial charge in [0.25, 0.3) is 5.91 Å². The molecule has 1 N–H and O–H groups in total. The molecule has 0 radical (unpaired) electrons. The van der Waals surface area contributed by atoms with Gasteiger partial charge in [0.15, 0.2) is 0 Å². The zero-order chi connectivity index (χ0) is 22.5. The minimum absolute atomic E-state index is 0.165. The number of nitrogens with one attached hydrogen (secondary N) is 1. The Balaban J connectivity index is 1.24. The Kier molecular flexibility index (Phi) is 7.45. The Labute approximate surface area is 190 Å². The second kappa shape index (κ2) is 10.5. The first kappa shape index (κ1) is 22.8. The predicted molar refractivity (Wildman–Crippen MR) is 121 cm³/mol. The SMILES string of the molecule is CN(CCCOc1cccc2c1CN(C1CCC(=O)NC1=O)C2=O)CCCC1CCCC1. The topological polar surface area (TPSA) is 79.0 Å². The molecule has 0 bridgehead atoms. The van der Waals surface area contributed by atoms with Crippen LogP contribution in [-0.2, 0) is 16.1 Å². The molecular weight excluding hydrogens is 406 g/mol. The van der Waals surface area contributed by atoms with Crippen molar-refractivity contribution >= 4 is 17.7 Å². The molecule has 7 nitrogen and oxygen atoms in total. The van der Waals surface area contributed by atoms with E-state index in [1.165, 1.54) is 38.5 Å². The molecule has 174 valence electrons. The van der Waals surface area contributed by atoms with Gasteiger partial charge in [-0.2, -0.15) is 0 Å². The molecule has 4 rings (SSSR count). The van der Waals surface area contributed by atoms with Crippen LogP contribution in [-0.4, -0.2) is 60.3 Å². The Bertz CT molecular complexity index is 850. The van der Waals surface area contributed by atoms with Crippen molar-refractivity contribution < 1.29 is 19.1 Å². The zero-order valence-electron chi connectivity index (χ0n) is 19.1. The first-order chi connectivity index (χ1) is 15.5. The molecule has 1 saturated heterocycles. The highest BCUT2D eigenvalue weighted by atomic mass is 16.5. The number of hydrogen-bond acceptors (Lipinski definition) is 5. The van der Waals surface area contributed by atoms with Crippen molar-refractivity contribution in [1.82, 2.24) is 15.1 Å². The van der Waals surface area contributed by atoms with E-state index in [0.29, 0.717) is 25.1 Å². The number of amides is 3. The van der Waals surface area contributed by atoms with Crippen molar-refractivity contribution in [3.8, 4) is 5.75 Å². The van der Waals surface area contributed by atoms with Crippen molar-refractivity contribution in [3.63, 3.8) is 0 Å². The highest BCUT2D eigenvalue weighted by Crippen LogP contribution is 2.33. The van der Waals surface area contributed by atoms with Crippen molar-refractivity contribution in [2.24, 2.45) is 5.92 Å². The summed E-state index contributed by atoms with van der Waals surface area (Å²) in [5.41, 5.74) is 1.43. The van der Waals surface area contributed by atoms with E-state index in [0.717, 1.165) is 36.7 Å². The zero-order valence-corrected chi connectivity index (χ0v) is 19.1. The standard InChI is InChI=1S/C25H35N3O4/c1-27(14-5-9-18-7-2-3-8-18)15-6-16-32-22-11-4-10-19-20(22)17-28(25(19)31)21-12-13-23(29)26-24(21)30/h4,10-11,18,21H,2-3,5-9,12-17H2,1H3,(H,26,29,30). The maximum Gasteiger partial charge on any atom is 0.255 e. The van der Waals surface area contributed by atoms with Crippen LogP contribution in [0.15, 0.2) is 18.2 Å². The quantitative estimate of drug-likeness (QED) is 0.446. The molecule has 1 aromatic carbocycles. The van der Waals surface area contributed by atoms with Gasteiger partial charge in [0.05, 0.1) is 13.2 Å². The van der Waals surface area contributed by atoms with E-state index in [2.05, 4.69) is 17.3 Å². The van der Waals surface area contributed by atoms with Gasteiger partial charge in [0.1, 0.15) is 11.8 Å². The maximum atomic E-state index is 12.9. The lowest BCUT2D eigenvalue weighted by Crippen LogP contribution is -2.52. The molecule has 1 atom stereocenters. The van der Waals surface area contributed by atoms with Crippen LogP contribution in [0.4, 0.5) is 0 Å². The van der Waals surface area contributed by atoms with Gasteiger partial charge in [-0.15, -0.1) is 0 Å². The molecule has 2 heterocycles. The smallest absolute Gasteiger partial charge is 0.255 e. The monoisotopic (exact) mass is 441 g/mol. The van der Waals surface area contributed by atoms with E-state index < -0.39 is 6.04 Å². The second-order valence-corrected chi connectivity index (χ2v) is 9.48. The average molecular weight is 442 g/mol. The van der Waals surface area contributed by atoms with Gasteiger partial charge in [0.2, 0.25) is 11.8 Å². The highest BCUT2D eigenvalue weighted by molar-refractivity contribution is 6.05. The Morgan fingerprint density at radius 3 is 2.66 bits per heavy atom. The minimum Gasteiger partial charge on any atom is -0.493 e. The number of ether oxygens (including phenoxy) is 1. The summed E-state index contributed by atoms with van der Waals surface area (Å²) in [6.45, 7) is 3.06. The number of imide groups is 1. The molecule has 7 heteroatoms. The summed E-state index contributed by atoms with van der Waals surface area (Å²) in [5, 5.41) is 2.34. The highest BCUT2D eigenvalue weighted by Gasteiger charge is 2.40. The lowest BCUT2D eigenvalue weighted by molar-refractivity contribution is -0.136. The molecule has 32 heavy (non-hydrogen) atoms. The van der Waals surface area contributed by atoms with Crippen LogP contribution in [0, 0.1) is 5.92 Å². The number of piperidine rings is 1. The van der Waals surface area contributed by atoms with Gasteiger partial charge in [-0.1, -0.05) is 31.7 Å². The van der Waals surface area contributed by atoms with Crippen molar-refractivity contribution in [2.75, 3.05) is 26.7 Å². The van der Waals surface area contributed by atoms with Crippen molar-refractivity contribution in [1.29, 1.82) is 0 Å². The van der Waals surface area contributed by atoms with Crippen molar-refractivity contribution in [2.45, 2.75) is 70.4 Å². The Morgan fingerprint density at radius 1 is 1.09 bits per heavy atom. The fourth-order valence-corrected chi connectivity index (χ4v) is 5.27. The lowest BCUT2D eigenvalue weighted by atomic mass is 10.0. The van der Waals surface area contributed by atoms with Gasteiger partial charge in [-0.25, -0.2) is 0 Å². The predicted octanol–water partition coefficient (Wildman–Crippen LogP) is 3.12. The third-order valence-corrected chi connectivity index (χ3v) is 7.11. The number of rotatable bonds is 10. The van der Waals surface area contributed by atoms with Crippen LogP contribution in [0.25, 0.3) is 0 Å². The van der Waals surface area contributed by atoms with Crippen molar-refractivity contribution in [3.05, 3.63) is 29.3 Å². The number of fused-ring (bicyclic) bond motifs is 1. The van der Waals surface area contributed by atoms with Gasteiger partial charge in [-0.05, 0) is 57.3 Å². The summed E-state index contributed by atoms with van der Waals surface area (Å²) in [6.07, 6.45) is 9.85. The molecule has 2 fully saturated rings. The summed E-state index contributed by atoms with van der Waals surface area (Å²) >= 11 is 0. The first-order valence-electron chi connectivity index (χ1n) is 12.1. The summed E-state index contributed by atoms with van der Waals surface area (Å²) in [5.74, 6) is 0.842. The van der Waals surface area contributed by atoms with E-state index >= 15 is 0 Å². The molecule has 1 aromatic rings. The molecule has 0 aromatic heterocycles. The summed E-state index contributed by atoms with van der Waals surface area (Å²) in [7, 11) is 2.17. The van der Waals surface area contributed by atoms with E-state index in [9.17, 15) is 14.4 Å². The first-order valence-corrected chi connectivity index (χ1v) is 12.1. The van der Waals surface area contributed by atoms with E-state index in [4.69, 9.17) is 4.74 Å². The van der Waals surface area contributed by atoms with Gasteiger partial charge >= 0.3 is 0 Å². The van der Waals surface area contributed by atoms with Gasteiger partial charge < -0.3 is 14.5 Å². The van der Waals surface area contributed by atoms with E-state index in [-0.39, 0.29) is 24.1 Å². The van der Waals surface area contributed by atoms with E-state index in [1.807, 2.05) is 12.1 Å². The van der Waals surface area contributed by atoms with Crippen LogP contribution < -0.4 is 10.1 Å². The molecular formula is C25H35N3O4. The third kappa shape index (κ3) is 5.31. The second-order valence-electron chi connectivity index (χ2n) is 9.48. The Morgan fingerprint density at radius 2 is 1.88 bits per heavy atom. The lowest BCUT2D eigenvalue weighted by Gasteiger charge is -2.29. The minimum atomic E-state index is -0.599. The van der Waals surface area contributed by atoms with Crippen LogP contribution in [0.3, 0.4) is 0 Å². The fraction of sp³-hybridized carbons (Fsp3) is 0.640. The normalized spacial score (nSPS) is 21.4. The van der Waals surface area contributed by atoms with Crippen LogP contribution in [0.2, 0.25) is 0 Å². The number of benzene rings is 1. The molecule has 3 aliphatic rings. The summed E-state index contributed by atoms with van der Waals surface area (Å²) in [6, 6.07) is 4.91. The van der Waals surface area contributed by atoms with Crippen LogP contribution >= 0.6 is 0 Å². The third-order valence-electron chi connectivity index (χ3n) is 7.11. The van der Waals surface area contributed by atoms with Crippen LogP contribution in [0.5, 0.6) is 5.75 Å². The maximum absolute atomic E-state index is 12.9. The molecule has 1 unspecified atom stereocenters. The van der Waals surface area contributed by atoms with Gasteiger partial charge in [-0.3, -0.25) is 19.7 Å². The molecule has 1 saturated carbocycles. The Hall–Kier alpha value is -2.41. The van der Waals surface area contributed by atoms with Crippen LogP contribution in [0.1, 0.15) is 73.7 Å². The molecule has 2 aliphatic heterocycles. The number of carbonyl (C=O) groups is 3. The number of hydrogen-bond donors (Lipinski definition) is 1. The number of nitrogens with zero attached hydrogens (tertiary/aromatic N) is 2. The molecule has 1 aliphatic carbocycles. The fourth-order valence-electron chi connectivity index (χ4n) is 5.27.